The van der Waals surface area contributed by atoms with Crippen LogP contribution in [0, 0.1) is 0 Å². The molecule has 1 aliphatic rings. The lowest BCUT2D eigenvalue weighted by Gasteiger charge is -2.18. The molecule has 5 heteroatoms. The molecule has 4 rings (SSSR count). The molecule has 2 aromatic heterocycles. The van der Waals surface area contributed by atoms with E-state index in [9.17, 15) is 4.79 Å². The van der Waals surface area contributed by atoms with Crippen molar-refractivity contribution in [2.24, 2.45) is 0 Å². The van der Waals surface area contributed by atoms with E-state index < -0.39 is 6.09 Å². The quantitative estimate of drug-likeness (QED) is 0.800. The fraction of sp³-hybridized carbons (Fsp3) is 0.105. The molecule has 24 heavy (non-hydrogen) atoms. The van der Waals surface area contributed by atoms with Gasteiger partial charge in [-0.05, 0) is 41.5 Å². The highest BCUT2D eigenvalue weighted by Gasteiger charge is 2.36. The molecule has 0 bridgehead atoms. The van der Waals surface area contributed by atoms with E-state index in [2.05, 4.69) is 15.3 Å². The first-order valence-corrected chi connectivity index (χ1v) is 7.70. The van der Waals surface area contributed by atoms with Crippen molar-refractivity contribution in [2.45, 2.75) is 12.1 Å². The Morgan fingerprint density at radius 3 is 2.58 bits per heavy atom. The van der Waals surface area contributed by atoms with Crippen LogP contribution in [0.5, 0.6) is 0 Å². The van der Waals surface area contributed by atoms with Gasteiger partial charge in [0.15, 0.2) is 6.10 Å². The number of nitrogens with one attached hydrogen (secondary N) is 1. The van der Waals surface area contributed by atoms with E-state index in [0.717, 1.165) is 22.4 Å². The largest absolute Gasteiger partial charge is 0.439 e. The number of alkyl carbamates (subject to hydrolysis) is 1. The Morgan fingerprint density at radius 1 is 0.917 bits per heavy atom. The molecule has 0 unspecified atom stereocenters. The Kier molecular flexibility index (Phi) is 3.67. The molecule has 5 nitrogen and oxygen atoms in total. The Labute approximate surface area is 139 Å². The molecule has 1 N–H and O–H groups in total. The van der Waals surface area contributed by atoms with Crippen molar-refractivity contribution < 1.29 is 9.53 Å². The van der Waals surface area contributed by atoms with Gasteiger partial charge < -0.3 is 10.1 Å². The highest BCUT2D eigenvalue weighted by molar-refractivity contribution is 5.71. The normalized spacial score (nSPS) is 19.6. The molecule has 1 aromatic carbocycles. The fourth-order valence-corrected chi connectivity index (χ4v) is 2.92. The zero-order chi connectivity index (χ0) is 16.4. The molecule has 1 saturated heterocycles. The lowest BCUT2D eigenvalue weighted by Crippen LogP contribution is -2.19. The topological polar surface area (TPSA) is 64.1 Å². The van der Waals surface area contributed by atoms with Gasteiger partial charge in [-0.3, -0.25) is 9.97 Å². The average Bonchev–Trinajstić information content (AvgIpc) is 3.05. The predicted octanol–water partition coefficient (Wildman–Crippen LogP) is 3.67. The standard InChI is InChI=1S/C19H15N3O2/c23-19-22-17(18(24-19)13-7-10-20-11-8-13)15-5-3-4-14(12-15)16-6-1-2-9-21-16/h1-12,17-18H,(H,22,23)/t17-,18-/m1/s1. The number of aromatic nitrogens is 2. The van der Waals surface area contributed by atoms with Crippen molar-refractivity contribution >= 4 is 6.09 Å². The molecule has 2 atom stereocenters. The second-order valence-corrected chi connectivity index (χ2v) is 5.57. The average molecular weight is 317 g/mol. The Bertz CT molecular complexity index is 853. The second-order valence-electron chi connectivity index (χ2n) is 5.57. The summed E-state index contributed by atoms with van der Waals surface area (Å²) in [7, 11) is 0. The monoisotopic (exact) mass is 317 g/mol. The third-order valence-electron chi connectivity index (χ3n) is 4.05. The molecule has 0 spiro atoms. The number of cyclic esters (lactones) is 1. The number of benzene rings is 1. The van der Waals surface area contributed by atoms with Crippen LogP contribution in [0.15, 0.2) is 73.2 Å². The molecule has 1 fully saturated rings. The molecule has 0 radical (unpaired) electrons. The van der Waals surface area contributed by atoms with Crippen LogP contribution in [-0.2, 0) is 4.74 Å². The summed E-state index contributed by atoms with van der Waals surface area (Å²) >= 11 is 0. The minimum atomic E-state index is -0.412. The van der Waals surface area contributed by atoms with Gasteiger partial charge in [0.1, 0.15) is 0 Å². The zero-order valence-corrected chi connectivity index (χ0v) is 12.8. The van der Waals surface area contributed by atoms with Crippen molar-refractivity contribution in [3.05, 3.63) is 84.3 Å². The molecular formula is C19H15N3O2. The first-order chi connectivity index (χ1) is 11.8. The van der Waals surface area contributed by atoms with Gasteiger partial charge in [-0.15, -0.1) is 0 Å². The van der Waals surface area contributed by atoms with E-state index in [-0.39, 0.29) is 12.1 Å². The van der Waals surface area contributed by atoms with Gasteiger partial charge in [0.2, 0.25) is 0 Å². The molecule has 0 aliphatic carbocycles. The minimum absolute atomic E-state index is 0.247. The van der Waals surface area contributed by atoms with E-state index >= 15 is 0 Å². The molecule has 3 aromatic rings. The van der Waals surface area contributed by atoms with Gasteiger partial charge >= 0.3 is 6.09 Å². The van der Waals surface area contributed by atoms with Crippen LogP contribution in [0.4, 0.5) is 4.79 Å². The Hall–Kier alpha value is -3.21. The third kappa shape index (κ3) is 2.72. The smallest absolute Gasteiger partial charge is 0.408 e. The number of ether oxygens (including phenoxy) is 1. The molecule has 0 saturated carbocycles. The predicted molar refractivity (Wildman–Crippen MR) is 89.0 cm³/mol. The van der Waals surface area contributed by atoms with Crippen LogP contribution >= 0.6 is 0 Å². The highest BCUT2D eigenvalue weighted by Crippen LogP contribution is 2.37. The number of carbonyl (C=O) groups is 1. The van der Waals surface area contributed by atoms with Crippen molar-refractivity contribution in [3.63, 3.8) is 0 Å². The summed E-state index contributed by atoms with van der Waals surface area (Å²) in [5.74, 6) is 0. The molecule has 3 heterocycles. The minimum Gasteiger partial charge on any atom is -0.439 e. The Balaban J connectivity index is 1.71. The van der Waals surface area contributed by atoms with Crippen LogP contribution in [-0.4, -0.2) is 16.1 Å². The zero-order valence-electron chi connectivity index (χ0n) is 12.8. The summed E-state index contributed by atoms with van der Waals surface area (Å²) in [6, 6.07) is 17.3. The first-order valence-electron chi connectivity index (χ1n) is 7.70. The van der Waals surface area contributed by atoms with Crippen molar-refractivity contribution in [1.82, 2.24) is 15.3 Å². The summed E-state index contributed by atoms with van der Waals surface area (Å²) in [4.78, 5) is 20.2. The fourth-order valence-electron chi connectivity index (χ4n) is 2.92. The first kappa shape index (κ1) is 14.4. The summed E-state index contributed by atoms with van der Waals surface area (Å²) < 4.78 is 5.47. The van der Waals surface area contributed by atoms with Gasteiger partial charge in [0.05, 0.1) is 11.7 Å². The van der Waals surface area contributed by atoms with Gasteiger partial charge in [0, 0.05) is 24.2 Å². The van der Waals surface area contributed by atoms with E-state index in [1.807, 2.05) is 54.6 Å². The van der Waals surface area contributed by atoms with Crippen LogP contribution in [0.3, 0.4) is 0 Å². The maximum Gasteiger partial charge on any atom is 0.408 e. The van der Waals surface area contributed by atoms with Gasteiger partial charge in [-0.2, -0.15) is 0 Å². The summed E-state index contributed by atoms with van der Waals surface area (Å²) in [6.45, 7) is 0. The highest BCUT2D eigenvalue weighted by atomic mass is 16.6. The Morgan fingerprint density at radius 2 is 1.79 bits per heavy atom. The SMILES string of the molecule is O=C1N[C@H](c2cccc(-c3ccccn3)c2)[C@@H](c2ccncc2)O1. The van der Waals surface area contributed by atoms with Crippen molar-refractivity contribution in [1.29, 1.82) is 0 Å². The van der Waals surface area contributed by atoms with E-state index in [4.69, 9.17) is 4.74 Å². The second kappa shape index (κ2) is 6.12. The number of nitrogens with zero attached hydrogens (tertiary/aromatic N) is 2. The maximum absolute atomic E-state index is 11.8. The molecular weight excluding hydrogens is 302 g/mol. The lowest BCUT2D eigenvalue weighted by atomic mass is 9.95. The number of hydrogen-bond donors (Lipinski definition) is 1. The number of carbonyl (C=O) groups excluding carboxylic acids is 1. The lowest BCUT2D eigenvalue weighted by molar-refractivity contribution is 0.132. The summed E-state index contributed by atoms with van der Waals surface area (Å²) in [5, 5.41) is 2.90. The molecule has 118 valence electrons. The third-order valence-corrected chi connectivity index (χ3v) is 4.05. The molecule has 1 amide bonds. The van der Waals surface area contributed by atoms with Crippen molar-refractivity contribution in [3.8, 4) is 11.3 Å². The maximum atomic E-state index is 11.8. The van der Waals surface area contributed by atoms with E-state index in [1.54, 1.807) is 18.6 Å². The van der Waals surface area contributed by atoms with Crippen molar-refractivity contribution in [2.75, 3.05) is 0 Å². The molecule has 1 aliphatic heterocycles. The number of hydrogen-bond acceptors (Lipinski definition) is 4. The van der Waals surface area contributed by atoms with Gasteiger partial charge in [0.25, 0.3) is 0 Å². The van der Waals surface area contributed by atoms with Crippen LogP contribution in [0.1, 0.15) is 23.3 Å². The van der Waals surface area contributed by atoms with Gasteiger partial charge in [-0.1, -0.05) is 24.3 Å². The van der Waals surface area contributed by atoms with Crippen LogP contribution in [0.25, 0.3) is 11.3 Å². The van der Waals surface area contributed by atoms with Crippen LogP contribution < -0.4 is 5.32 Å². The summed E-state index contributed by atoms with van der Waals surface area (Å²) in [6.07, 6.45) is 4.37. The number of pyridine rings is 2. The van der Waals surface area contributed by atoms with Gasteiger partial charge in [-0.25, -0.2) is 4.79 Å². The van der Waals surface area contributed by atoms with E-state index in [1.165, 1.54) is 0 Å². The number of amides is 1. The van der Waals surface area contributed by atoms with Crippen LogP contribution in [0.2, 0.25) is 0 Å². The summed E-state index contributed by atoms with van der Waals surface area (Å²) in [5.41, 5.74) is 3.79. The number of rotatable bonds is 3. The van der Waals surface area contributed by atoms with E-state index in [0.29, 0.717) is 0 Å².